The number of halogens is 1. The summed E-state index contributed by atoms with van der Waals surface area (Å²) in [5.74, 6) is 1.30. The number of nitrogens with zero attached hydrogens (tertiary/aromatic N) is 1. The molecule has 5 nitrogen and oxygen atoms in total. The highest BCUT2D eigenvalue weighted by Crippen LogP contribution is 2.65. The molecule has 1 saturated heterocycles. The van der Waals surface area contributed by atoms with Crippen LogP contribution < -0.4 is 5.32 Å². The van der Waals surface area contributed by atoms with Gasteiger partial charge in [-0.15, -0.1) is 12.4 Å². The predicted octanol–water partition coefficient (Wildman–Crippen LogP) is 4.91. The number of benzene rings is 1. The summed E-state index contributed by atoms with van der Waals surface area (Å²) >= 11 is 0. The molecule has 4 aliphatic rings. The summed E-state index contributed by atoms with van der Waals surface area (Å²) in [5.41, 5.74) is 1.39. The quantitative estimate of drug-likeness (QED) is 0.473. The van der Waals surface area contributed by atoms with Crippen LogP contribution in [-0.4, -0.2) is 55.7 Å². The van der Waals surface area contributed by atoms with E-state index in [9.17, 15) is 4.79 Å². The third kappa shape index (κ3) is 4.93. The van der Waals surface area contributed by atoms with Gasteiger partial charge in [0.25, 0.3) is 0 Å². The number of hydrogen-bond acceptors (Lipinski definition) is 4. The minimum Gasteiger partial charge on any atom is -0.404 e. The summed E-state index contributed by atoms with van der Waals surface area (Å²) in [6, 6.07) is 10.4. The number of rotatable bonds is 10. The minimum atomic E-state index is -0.362. The molecule has 5 rings (SSSR count). The van der Waals surface area contributed by atoms with Crippen molar-refractivity contribution in [3.8, 4) is 0 Å². The monoisotopic (exact) mass is 490 g/mol. The first-order chi connectivity index (χ1) is 15.7. The van der Waals surface area contributed by atoms with E-state index in [4.69, 9.17) is 9.31 Å². The molecular formula is C27H44BClN2O3. The summed E-state index contributed by atoms with van der Waals surface area (Å²) in [5, 5.41) is 3.22. The van der Waals surface area contributed by atoms with E-state index >= 15 is 0 Å². The van der Waals surface area contributed by atoms with Gasteiger partial charge in [0.2, 0.25) is 5.91 Å². The molecule has 0 radical (unpaired) electrons. The lowest BCUT2D eigenvalue weighted by atomic mass is 9.43. The Morgan fingerprint density at radius 2 is 1.91 bits per heavy atom. The average molecular weight is 491 g/mol. The second-order valence-electron chi connectivity index (χ2n) is 11.4. The van der Waals surface area contributed by atoms with Crippen LogP contribution >= 0.6 is 12.4 Å². The Bertz CT molecular complexity index is 825. The topological polar surface area (TPSA) is 50.8 Å². The Morgan fingerprint density at radius 1 is 1.21 bits per heavy atom. The van der Waals surface area contributed by atoms with E-state index in [2.05, 4.69) is 63.3 Å². The Kier molecular flexibility index (Phi) is 8.82. The maximum absolute atomic E-state index is 13.4. The largest absolute Gasteiger partial charge is 0.481 e. The highest BCUT2D eigenvalue weighted by molar-refractivity contribution is 6.47. The Morgan fingerprint density at radius 3 is 2.53 bits per heavy atom. The van der Waals surface area contributed by atoms with Crippen LogP contribution in [0.2, 0.25) is 0 Å². The smallest absolute Gasteiger partial charge is 0.404 e. The Balaban J connectivity index is 0.00000324. The maximum atomic E-state index is 13.4. The van der Waals surface area contributed by atoms with E-state index in [0.717, 1.165) is 44.4 Å². The lowest BCUT2D eigenvalue weighted by Gasteiger charge is -2.64. The summed E-state index contributed by atoms with van der Waals surface area (Å²) < 4.78 is 13.4. The van der Waals surface area contributed by atoms with E-state index in [-0.39, 0.29) is 49.1 Å². The van der Waals surface area contributed by atoms with Crippen molar-refractivity contribution in [1.82, 2.24) is 10.2 Å². The van der Waals surface area contributed by atoms with Crippen LogP contribution in [0.15, 0.2) is 30.3 Å². The zero-order chi connectivity index (χ0) is 23.8. The fraction of sp³-hybridized carbons (Fsp3) is 0.741. The molecule has 0 aromatic heterocycles. The standard InChI is InChI=1S/C27H43BN2O3.ClH/c1-7-12-21(29-5)25(31)30(6)24(16-11-15-19-13-9-8-10-14-19)28-32-23-18-20-17-22(26(20,2)3)27(23,4)33-28;/h8-10,13-14,20-24,29H,7,11-12,15-18H2,1-6H3;1H/t20-,21+,22-,23+,24-,27-;/m0./s1. The predicted molar refractivity (Wildman–Crippen MR) is 141 cm³/mol. The highest BCUT2D eigenvalue weighted by Gasteiger charge is 2.68. The van der Waals surface area contributed by atoms with Gasteiger partial charge in [-0.3, -0.25) is 4.79 Å². The molecule has 1 heterocycles. The van der Waals surface area contributed by atoms with Gasteiger partial charge < -0.3 is 19.5 Å². The summed E-state index contributed by atoms with van der Waals surface area (Å²) in [6.07, 6.45) is 7.10. The van der Waals surface area contributed by atoms with Crippen LogP contribution in [0.3, 0.4) is 0 Å². The van der Waals surface area contributed by atoms with Gasteiger partial charge in [0.15, 0.2) is 0 Å². The molecule has 3 saturated carbocycles. The molecule has 0 spiro atoms. The Hall–Kier alpha value is -1.08. The van der Waals surface area contributed by atoms with E-state index in [1.54, 1.807) is 0 Å². The van der Waals surface area contributed by atoms with Gasteiger partial charge in [0.1, 0.15) is 0 Å². The van der Waals surface area contributed by atoms with Crippen molar-refractivity contribution in [2.24, 2.45) is 17.3 Å². The van der Waals surface area contributed by atoms with E-state index in [1.807, 2.05) is 19.0 Å². The fourth-order valence-electron chi connectivity index (χ4n) is 6.82. The first kappa shape index (κ1) is 27.5. The van der Waals surface area contributed by atoms with Crippen LogP contribution in [-0.2, 0) is 20.5 Å². The second kappa shape index (κ2) is 10.9. The number of amides is 1. The molecule has 1 N–H and O–H groups in total. The lowest BCUT2D eigenvalue weighted by molar-refractivity contribution is -0.199. The van der Waals surface area contributed by atoms with Crippen LogP contribution in [0, 0.1) is 17.3 Å². The Labute approximate surface area is 213 Å². The van der Waals surface area contributed by atoms with Gasteiger partial charge in [-0.25, -0.2) is 0 Å². The normalized spacial score (nSPS) is 30.5. The average Bonchev–Trinajstić information content (AvgIpc) is 3.16. The number of likely N-dealkylation sites (N-methyl/N-ethyl adjacent to an activating group) is 2. The van der Waals surface area contributed by atoms with Crippen molar-refractivity contribution in [3.05, 3.63) is 35.9 Å². The molecule has 7 heteroatoms. The molecule has 34 heavy (non-hydrogen) atoms. The molecule has 4 fully saturated rings. The molecule has 3 aliphatic carbocycles. The van der Waals surface area contributed by atoms with Crippen molar-refractivity contribution >= 4 is 25.4 Å². The van der Waals surface area contributed by atoms with Gasteiger partial charge in [-0.1, -0.05) is 57.5 Å². The van der Waals surface area contributed by atoms with Crippen molar-refractivity contribution in [2.75, 3.05) is 14.1 Å². The van der Waals surface area contributed by atoms with Crippen molar-refractivity contribution in [3.63, 3.8) is 0 Å². The zero-order valence-electron chi connectivity index (χ0n) is 21.9. The van der Waals surface area contributed by atoms with E-state index in [1.165, 1.54) is 12.0 Å². The molecule has 2 bridgehead atoms. The number of carbonyl (C=O) groups is 1. The zero-order valence-corrected chi connectivity index (χ0v) is 22.7. The molecule has 190 valence electrons. The lowest BCUT2D eigenvalue weighted by Crippen LogP contribution is -2.65. The minimum absolute atomic E-state index is 0. The van der Waals surface area contributed by atoms with Crippen LogP contribution in [0.25, 0.3) is 0 Å². The number of carbonyl (C=O) groups excluding carboxylic acids is 1. The molecular weight excluding hydrogens is 447 g/mol. The van der Waals surface area contributed by atoms with Gasteiger partial charge in [-0.05, 0) is 75.3 Å². The number of aryl methyl sites for hydroxylation is 1. The van der Waals surface area contributed by atoms with Crippen molar-refractivity contribution in [1.29, 1.82) is 0 Å². The van der Waals surface area contributed by atoms with Gasteiger partial charge in [-0.2, -0.15) is 0 Å². The fourth-order valence-corrected chi connectivity index (χ4v) is 6.82. The third-order valence-electron chi connectivity index (χ3n) is 9.16. The number of nitrogens with one attached hydrogen (secondary N) is 1. The SMILES string of the molecule is CCC[C@@H](NC)C(=O)N(C)[C@@H](CCCc1ccccc1)B1O[C@@H]2C[C@@H]3C[C@@H](C3(C)C)[C@]2(C)O1.Cl. The molecule has 1 aliphatic heterocycles. The number of hydrogen-bond donors (Lipinski definition) is 1. The van der Waals surface area contributed by atoms with Crippen molar-refractivity contribution in [2.45, 2.75) is 96.3 Å². The second-order valence-corrected chi connectivity index (χ2v) is 11.4. The first-order valence-corrected chi connectivity index (χ1v) is 13.0. The molecule has 1 amide bonds. The van der Waals surface area contributed by atoms with E-state index < -0.39 is 0 Å². The molecule has 0 unspecified atom stereocenters. The molecule has 1 aromatic carbocycles. The van der Waals surface area contributed by atoms with Crippen LogP contribution in [0.5, 0.6) is 0 Å². The highest BCUT2D eigenvalue weighted by atomic mass is 35.5. The van der Waals surface area contributed by atoms with Crippen LogP contribution in [0.1, 0.15) is 71.8 Å². The molecule has 1 aromatic rings. The molecule has 6 atom stereocenters. The van der Waals surface area contributed by atoms with Gasteiger partial charge in [0.05, 0.1) is 23.7 Å². The van der Waals surface area contributed by atoms with Gasteiger partial charge >= 0.3 is 7.12 Å². The van der Waals surface area contributed by atoms with E-state index in [0.29, 0.717) is 11.3 Å². The maximum Gasteiger partial charge on any atom is 0.481 e. The van der Waals surface area contributed by atoms with Crippen LogP contribution in [0.4, 0.5) is 0 Å². The third-order valence-corrected chi connectivity index (χ3v) is 9.16. The summed E-state index contributed by atoms with van der Waals surface area (Å²) in [6.45, 7) is 9.16. The summed E-state index contributed by atoms with van der Waals surface area (Å²) in [7, 11) is 3.46. The van der Waals surface area contributed by atoms with Crippen molar-refractivity contribution < 1.29 is 14.1 Å². The summed E-state index contributed by atoms with van der Waals surface area (Å²) in [4.78, 5) is 15.3. The first-order valence-electron chi connectivity index (χ1n) is 13.0. The van der Waals surface area contributed by atoms with Gasteiger partial charge in [0, 0.05) is 7.05 Å².